The smallest absolute Gasteiger partial charge is 0.158 e. The minimum Gasteiger partial charge on any atom is -0.606 e. The quantitative estimate of drug-likeness (QED) is 0.788. The van der Waals surface area contributed by atoms with E-state index >= 15 is 0 Å². The Morgan fingerprint density at radius 3 is 1.73 bits per heavy atom. The summed E-state index contributed by atoms with van der Waals surface area (Å²) in [5, 5.41) is 3.41. The molecule has 118 valence electrons. The average Bonchev–Trinajstić information content (AvgIpc) is 2.46. The molecule has 1 atom stereocenters. The van der Waals surface area contributed by atoms with E-state index in [9.17, 15) is 4.55 Å². The second-order valence-electron chi connectivity index (χ2n) is 6.89. The zero-order valence-electron chi connectivity index (χ0n) is 14.0. The van der Waals surface area contributed by atoms with Crippen LogP contribution in [0, 0.1) is 0 Å². The summed E-state index contributed by atoms with van der Waals surface area (Å²) < 4.78 is 12.6. The molecular formula is C19H25NOS. The van der Waals surface area contributed by atoms with Crippen molar-refractivity contribution in [1.29, 1.82) is 0 Å². The maximum absolute atomic E-state index is 12.6. The van der Waals surface area contributed by atoms with Gasteiger partial charge in [-0.05, 0) is 68.7 Å². The molecule has 2 nitrogen and oxygen atoms in total. The molecule has 0 spiro atoms. The van der Waals surface area contributed by atoms with Gasteiger partial charge in [0.25, 0.3) is 0 Å². The summed E-state index contributed by atoms with van der Waals surface area (Å²) in [5.74, 6) is 0.491. The lowest BCUT2D eigenvalue weighted by molar-refractivity contribution is 0.595. The standard InChI is InChI=1S/C19H25NOS/c1-14(2)15-6-10-17(11-7-15)22(21)18-12-8-16(9-13-18)20-19(3,4)5/h6-14,20H,1-5H3. The second kappa shape index (κ2) is 6.76. The number of benzene rings is 2. The molecule has 0 heterocycles. The highest BCUT2D eigenvalue weighted by Gasteiger charge is 2.16. The molecule has 0 aliphatic rings. The lowest BCUT2D eigenvalue weighted by atomic mass is 10.0. The Hall–Kier alpha value is -1.45. The predicted octanol–water partition coefficient (Wildman–Crippen LogP) is 5.19. The zero-order valence-corrected chi connectivity index (χ0v) is 14.8. The molecule has 0 bridgehead atoms. The van der Waals surface area contributed by atoms with Gasteiger partial charge in [0.15, 0.2) is 9.79 Å². The fourth-order valence-electron chi connectivity index (χ4n) is 2.21. The van der Waals surface area contributed by atoms with Crippen LogP contribution in [0.25, 0.3) is 0 Å². The van der Waals surface area contributed by atoms with Crippen molar-refractivity contribution in [3.8, 4) is 0 Å². The molecule has 2 rings (SSSR count). The van der Waals surface area contributed by atoms with E-state index in [-0.39, 0.29) is 5.54 Å². The summed E-state index contributed by atoms with van der Waals surface area (Å²) >= 11 is -1.13. The lowest BCUT2D eigenvalue weighted by Crippen LogP contribution is -2.25. The third kappa shape index (κ3) is 4.52. The molecule has 0 aliphatic heterocycles. The van der Waals surface area contributed by atoms with Crippen LogP contribution in [0.2, 0.25) is 0 Å². The van der Waals surface area contributed by atoms with Crippen molar-refractivity contribution in [3.63, 3.8) is 0 Å². The summed E-state index contributed by atoms with van der Waals surface area (Å²) in [7, 11) is 0. The molecule has 2 aromatic rings. The van der Waals surface area contributed by atoms with Crippen molar-refractivity contribution in [2.24, 2.45) is 0 Å². The van der Waals surface area contributed by atoms with Gasteiger partial charge in [-0.3, -0.25) is 0 Å². The fraction of sp³-hybridized carbons (Fsp3) is 0.368. The summed E-state index contributed by atoms with van der Waals surface area (Å²) in [6.45, 7) is 10.7. The minimum atomic E-state index is -1.13. The first-order chi connectivity index (χ1) is 10.3. The van der Waals surface area contributed by atoms with Gasteiger partial charge < -0.3 is 9.87 Å². The SMILES string of the molecule is CC(C)c1ccc([S+]([O-])c2ccc(NC(C)(C)C)cc2)cc1. The Morgan fingerprint density at radius 1 is 0.864 bits per heavy atom. The van der Waals surface area contributed by atoms with Gasteiger partial charge >= 0.3 is 0 Å². The normalized spacial score (nSPS) is 13.2. The van der Waals surface area contributed by atoms with Gasteiger partial charge in [0.1, 0.15) is 0 Å². The molecule has 1 N–H and O–H groups in total. The summed E-state index contributed by atoms with van der Waals surface area (Å²) in [5.41, 5.74) is 2.33. The number of hydrogen-bond acceptors (Lipinski definition) is 2. The third-order valence-corrected chi connectivity index (χ3v) is 4.75. The number of nitrogens with one attached hydrogen (secondary N) is 1. The lowest BCUT2D eigenvalue weighted by Gasteiger charge is -2.22. The van der Waals surface area contributed by atoms with Crippen molar-refractivity contribution in [3.05, 3.63) is 54.1 Å². The number of anilines is 1. The molecule has 0 amide bonds. The van der Waals surface area contributed by atoms with Crippen LogP contribution in [0.3, 0.4) is 0 Å². The van der Waals surface area contributed by atoms with E-state index < -0.39 is 11.2 Å². The molecule has 0 saturated heterocycles. The topological polar surface area (TPSA) is 35.1 Å². The molecule has 0 saturated carbocycles. The van der Waals surface area contributed by atoms with E-state index in [0.717, 1.165) is 15.5 Å². The van der Waals surface area contributed by atoms with Crippen molar-refractivity contribution < 1.29 is 4.55 Å². The second-order valence-corrected chi connectivity index (χ2v) is 8.37. The Kier molecular flexibility index (Phi) is 5.20. The zero-order chi connectivity index (χ0) is 16.3. The Bertz CT molecular complexity index is 597. The molecular weight excluding hydrogens is 290 g/mol. The van der Waals surface area contributed by atoms with Crippen LogP contribution in [0.5, 0.6) is 0 Å². The van der Waals surface area contributed by atoms with Crippen molar-refractivity contribution in [1.82, 2.24) is 0 Å². The first-order valence-electron chi connectivity index (χ1n) is 7.66. The van der Waals surface area contributed by atoms with Gasteiger partial charge in [0.2, 0.25) is 0 Å². The van der Waals surface area contributed by atoms with Crippen LogP contribution in [-0.4, -0.2) is 10.1 Å². The van der Waals surface area contributed by atoms with Crippen molar-refractivity contribution >= 4 is 16.9 Å². The molecule has 2 aromatic carbocycles. The van der Waals surface area contributed by atoms with E-state index in [0.29, 0.717) is 5.92 Å². The van der Waals surface area contributed by atoms with Gasteiger partial charge in [-0.2, -0.15) is 0 Å². The van der Waals surface area contributed by atoms with Gasteiger partial charge in [0, 0.05) is 22.4 Å². The van der Waals surface area contributed by atoms with Crippen LogP contribution in [0.4, 0.5) is 5.69 Å². The third-order valence-electron chi connectivity index (χ3n) is 3.35. The van der Waals surface area contributed by atoms with Gasteiger partial charge in [0.05, 0.1) is 0 Å². The largest absolute Gasteiger partial charge is 0.606 e. The first-order valence-corrected chi connectivity index (χ1v) is 8.81. The number of rotatable bonds is 4. The highest BCUT2D eigenvalue weighted by atomic mass is 32.2. The monoisotopic (exact) mass is 315 g/mol. The first kappa shape index (κ1) is 16.9. The Morgan fingerprint density at radius 2 is 1.32 bits per heavy atom. The molecule has 3 heteroatoms. The molecule has 22 heavy (non-hydrogen) atoms. The van der Waals surface area contributed by atoms with Crippen molar-refractivity contribution in [2.45, 2.75) is 55.9 Å². The van der Waals surface area contributed by atoms with Crippen LogP contribution >= 0.6 is 0 Å². The van der Waals surface area contributed by atoms with E-state index in [1.54, 1.807) is 0 Å². The van der Waals surface area contributed by atoms with Gasteiger partial charge in [-0.1, -0.05) is 26.0 Å². The number of hydrogen-bond donors (Lipinski definition) is 1. The molecule has 1 unspecified atom stereocenters. The van der Waals surface area contributed by atoms with Gasteiger partial charge in [-0.25, -0.2) is 0 Å². The molecule has 0 radical (unpaired) electrons. The van der Waals surface area contributed by atoms with Crippen LogP contribution in [-0.2, 0) is 11.2 Å². The fourth-order valence-corrected chi connectivity index (χ4v) is 3.25. The highest BCUT2D eigenvalue weighted by Crippen LogP contribution is 2.25. The van der Waals surface area contributed by atoms with Crippen LogP contribution < -0.4 is 5.32 Å². The Labute approximate surface area is 137 Å². The maximum Gasteiger partial charge on any atom is 0.158 e. The maximum atomic E-state index is 12.6. The minimum absolute atomic E-state index is 0.0212. The van der Waals surface area contributed by atoms with Crippen LogP contribution in [0.1, 0.15) is 46.1 Å². The molecule has 0 fully saturated rings. The van der Waals surface area contributed by atoms with E-state index in [1.165, 1.54) is 5.56 Å². The summed E-state index contributed by atoms with van der Waals surface area (Å²) in [6, 6.07) is 15.9. The average molecular weight is 315 g/mol. The van der Waals surface area contributed by atoms with Gasteiger partial charge in [-0.15, -0.1) is 0 Å². The van der Waals surface area contributed by atoms with Crippen LogP contribution in [0.15, 0.2) is 58.3 Å². The Balaban J connectivity index is 2.13. The summed E-state index contributed by atoms with van der Waals surface area (Å²) in [4.78, 5) is 1.68. The molecule has 0 aromatic heterocycles. The van der Waals surface area contributed by atoms with E-state index in [1.807, 2.05) is 36.4 Å². The van der Waals surface area contributed by atoms with Crippen molar-refractivity contribution in [2.75, 3.05) is 5.32 Å². The molecule has 0 aliphatic carbocycles. The highest BCUT2D eigenvalue weighted by molar-refractivity contribution is 7.91. The van der Waals surface area contributed by atoms with E-state index in [4.69, 9.17) is 0 Å². The predicted molar refractivity (Wildman–Crippen MR) is 95.0 cm³/mol. The van der Waals surface area contributed by atoms with E-state index in [2.05, 4.69) is 52.1 Å². The summed E-state index contributed by atoms with van der Waals surface area (Å²) in [6.07, 6.45) is 0.